The van der Waals surface area contributed by atoms with E-state index in [0.717, 1.165) is 4.68 Å². The number of hydrogen-bond acceptors (Lipinski definition) is 9. The first-order chi connectivity index (χ1) is 17.5. The minimum absolute atomic E-state index is 0.0327. The van der Waals surface area contributed by atoms with E-state index in [1.165, 1.54) is 12.4 Å². The minimum Gasteiger partial charge on any atom is -0.497 e. The lowest BCUT2D eigenvalue weighted by Crippen LogP contribution is -2.18. The second kappa shape index (κ2) is 11.1. The number of nitrogens with zero attached hydrogens (tertiary/aromatic N) is 4. The molecule has 0 radical (unpaired) electrons. The third-order valence-electron chi connectivity index (χ3n) is 5.18. The van der Waals surface area contributed by atoms with E-state index in [0.29, 0.717) is 47.4 Å². The van der Waals surface area contributed by atoms with Crippen molar-refractivity contribution in [3.63, 3.8) is 0 Å². The number of ether oxygens (including phenoxy) is 3. The average Bonchev–Trinajstić information content (AvgIpc) is 3.29. The minimum atomic E-state index is -0.620. The van der Waals surface area contributed by atoms with Gasteiger partial charge in [-0.25, -0.2) is 14.8 Å². The van der Waals surface area contributed by atoms with E-state index in [1.54, 1.807) is 50.6 Å². The van der Waals surface area contributed by atoms with Gasteiger partial charge in [-0.3, -0.25) is 10.4 Å². The average molecular weight is 491 g/mol. The molecule has 0 aliphatic heterocycles. The first-order valence-corrected chi connectivity index (χ1v) is 11.0. The third kappa shape index (κ3) is 5.67. The number of anilines is 1. The summed E-state index contributed by atoms with van der Waals surface area (Å²) >= 11 is 0. The van der Waals surface area contributed by atoms with E-state index in [2.05, 4.69) is 25.4 Å². The van der Waals surface area contributed by atoms with Gasteiger partial charge >= 0.3 is 5.69 Å². The first kappa shape index (κ1) is 24.4. The Labute approximate surface area is 206 Å². The molecular formula is C24H26N8O4. The molecule has 2 heterocycles. The Morgan fingerprint density at radius 1 is 1.11 bits per heavy atom. The third-order valence-corrected chi connectivity index (χ3v) is 5.18. The maximum atomic E-state index is 12.7. The van der Waals surface area contributed by atoms with Gasteiger partial charge in [-0.1, -0.05) is 0 Å². The summed E-state index contributed by atoms with van der Waals surface area (Å²) in [6, 6.07) is 13.5. The highest BCUT2D eigenvalue weighted by molar-refractivity contribution is 5.95. The first-order valence-electron chi connectivity index (χ1n) is 11.0. The van der Waals surface area contributed by atoms with Gasteiger partial charge in [-0.15, -0.1) is 9.78 Å². The Bertz CT molecular complexity index is 1370. The normalized spacial score (nSPS) is 11.6. The lowest BCUT2D eigenvalue weighted by molar-refractivity contribution is 0.146. The molecule has 0 aliphatic rings. The van der Waals surface area contributed by atoms with Crippen molar-refractivity contribution < 1.29 is 14.2 Å². The van der Waals surface area contributed by atoms with Crippen molar-refractivity contribution in [3.05, 3.63) is 88.4 Å². The van der Waals surface area contributed by atoms with E-state index >= 15 is 0 Å². The van der Waals surface area contributed by atoms with Crippen LogP contribution < -0.4 is 26.2 Å². The zero-order chi connectivity index (χ0) is 25.5. The van der Waals surface area contributed by atoms with Crippen LogP contribution in [-0.4, -0.2) is 58.0 Å². The topological polar surface area (TPSA) is 166 Å². The molecule has 0 spiro atoms. The second-order valence-electron chi connectivity index (χ2n) is 7.63. The molecule has 12 heteroatoms. The highest BCUT2D eigenvalue weighted by atomic mass is 16.5. The monoisotopic (exact) mass is 490 g/mol. The zero-order valence-corrected chi connectivity index (χ0v) is 19.8. The van der Waals surface area contributed by atoms with E-state index in [1.807, 2.05) is 12.1 Å². The van der Waals surface area contributed by atoms with Gasteiger partial charge in [0.05, 0.1) is 13.7 Å². The lowest BCUT2D eigenvalue weighted by atomic mass is 10.0. The van der Waals surface area contributed by atoms with Crippen molar-refractivity contribution >= 4 is 11.5 Å². The molecule has 2 aromatic carbocycles. The molecule has 4 rings (SSSR count). The molecule has 186 valence electrons. The molecular weight excluding hydrogens is 464 g/mol. The number of nitrogens with one attached hydrogen (secondary N) is 3. The molecule has 0 unspecified atom stereocenters. The predicted octanol–water partition coefficient (Wildman–Crippen LogP) is 1.87. The Hall–Kier alpha value is -4.71. The molecule has 1 atom stereocenters. The summed E-state index contributed by atoms with van der Waals surface area (Å²) in [5.41, 5.74) is 7.10. The molecule has 5 N–H and O–H groups in total. The van der Waals surface area contributed by atoms with Gasteiger partial charge < -0.3 is 25.3 Å². The lowest BCUT2D eigenvalue weighted by Gasteiger charge is -2.20. The van der Waals surface area contributed by atoms with E-state index < -0.39 is 11.7 Å². The van der Waals surface area contributed by atoms with E-state index in [-0.39, 0.29) is 11.8 Å². The van der Waals surface area contributed by atoms with Crippen LogP contribution in [0.2, 0.25) is 0 Å². The van der Waals surface area contributed by atoms with Crippen LogP contribution in [0.1, 0.15) is 23.0 Å². The maximum absolute atomic E-state index is 12.7. The number of aromatic nitrogens is 5. The van der Waals surface area contributed by atoms with Crippen LogP contribution in [0.25, 0.3) is 5.95 Å². The van der Waals surface area contributed by atoms with Crippen molar-refractivity contribution in [3.8, 4) is 17.4 Å². The van der Waals surface area contributed by atoms with Crippen LogP contribution in [0.4, 0.5) is 5.69 Å². The fraction of sp³-hybridized carbons (Fsp3) is 0.208. The summed E-state index contributed by atoms with van der Waals surface area (Å²) in [5.74, 6) is 1.55. The molecule has 2 aromatic heterocycles. The molecule has 4 aromatic rings. The van der Waals surface area contributed by atoms with Crippen molar-refractivity contribution in [2.45, 2.75) is 6.04 Å². The van der Waals surface area contributed by atoms with Gasteiger partial charge in [0, 0.05) is 36.8 Å². The van der Waals surface area contributed by atoms with Gasteiger partial charge in [0.15, 0.2) is 5.82 Å². The molecule has 0 saturated carbocycles. The Morgan fingerprint density at radius 2 is 1.83 bits per heavy atom. The van der Waals surface area contributed by atoms with Crippen LogP contribution >= 0.6 is 0 Å². The van der Waals surface area contributed by atoms with Gasteiger partial charge in [0.1, 0.15) is 30.0 Å². The summed E-state index contributed by atoms with van der Waals surface area (Å²) in [6.45, 7) is 0.774. The van der Waals surface area contributed by atoms with Crippen molar-refractivity contribution in [2.24, 2.45) is 5.73 Å². The molecule has 0 saturated heterocycles. The zero-order valence-electron chi connectivity index (χ0n) is 19.8. The Balaban J connectivity index is 1.77. The number of nitrogens with two attached hydrogens (primary N) is 1. The number of benzene rings is 2. The second-order valence-corrected chi connectivity index (χ2v) is 7.63. The van der Waals surface area contributed by atoms with Crippen molar-refractivity contribution in [1.29, 1.82) is 5.41 Å². The predicted molar refractivity (Wildman–Crippen MR) is 133 cm³/mol. The number of rotatable bonds is 11. The van der Waals surface area contributed by atoms with Crippen LogP contribution in [0.3, 0.4) is 0 Å². The number of nitrogen functional groups attached to an aromatic ring is 1. The van der Waals surface area contributed by atoms with Gasteiger partial charge in [-0.05, 0) is 48.0 Å². The molecule has 0 amide bonds. The molecule has 0 fully saturated rings. The van der Waals surface area contributed by atoms with E-state index in [4.69, 9.17) is 25.4 Å². The van der Waals surface area contributed by atoms with Crippen molar-refractivity contribution in [1.82, 2.24) is 24.7 Å². The molecule has 12 nitrogen and oxygen atoms in total. The SMILES string of the molecule is COCCOc1cc(OC)cc([C@H](Nc2ccc(C(=N)N)cc2)c2nn(-c3ncccn3)c(=O)[nH]2)c1. The van der Waals surface area contributed by atoms with Crippen LogP contribution in [-0.2, 0) is 4.74 Å². The summed E-state index contributed by atoms with van der Waals surface area (Å²) in [5, 5.41) is 15.5. The molecule has 0 bridgehead atoms. The Kier molecular flexibility index (Phi) is 7.56. The van der Waals surface area contributed by atoms with E-state index in [9.17, 15) is 4.79 Å². The summed E-state index contributed by atoms with van der Waals surface area (Å²) in [6.07, 6.45) is 3.06. The Morgan fingerprint density at radius 3 is 2.50 bits per heavy atom. The number of hydrogen-bond donors (Lipinski definition) is 4. The summed E-state index contributed by atoms with van der Waals surface area (Å²) < 4.78 is 17.5. The number of aromatic amines is 1. The van der Waals surface area contributed by atoms with Crippen molar-refractivity contribution in [2.75, 3.05) is 32.8 Å². The van der Waals surface area contributed by atoms with Gasteiger partial charge in [0.25, 0.3) is 5.95 Å². The quantitative estimate of drug-likeness (QED) is 0.139. The highest BCUT2D eigenvalue weighted by Crippen LogP contribution is 2.31. The largest absolute Gasteiger partial charge is 0.497 e. The fourth-order valence-electron chi connectivity index (χ4n) is 3.43. The van der Waals surface area contributed by atoms with Crippen LogP contribution in [0, 0.1) is 5.41 Å². The number of amidine groups is 1. The van der Waals surface area contributed by atoms with Crippen LogP contribution in [0.15, 0.2) is 65.7 Å². The van der Waals surface area contributed by atoms with Gasteiger partial charge in [-0.2, -0.15) is 0 Å². The molecule has 0 aliphatic carbocycles. The van der Waals surface area contributed by atoms with Gasteiger partial charge in [0.2, 0.25) is 0 Å². The number of H-pyrrole nitrogens is 1. The fourth-order valence-corrected chi connectivity index (χ4v) is 3.43. The number of methoxy groups -OCH3 is 2. The van der Waals surface area contributed by atoms with Crippen LogP contribution in [0.5, 0.6) is 11.5 Å². The highest BCUT2D eigenvalue weighted by Gasteiger charge is 2.22. The standard InChI is InChI=1S/C24H26N8O4/c1-34-10-11-36-19-13-16(12-18(14-19)35-2)20(29-17-6-4-15(5-7-17)21(25)26)22-30-24(33)32(31-22)23-27-8-3-9-28-23/h3-9,12-14,20,29H,10-11H2,1-2H3,(H3,25,26)(H,30,31,33)/t20-/m0/s1. The molecule has 36 heavy (non-hydrogen) atoms. The smallest absolute Gasteiger partial charge is 0.350 e. The summed E-state index contributed by atoms with van der Waals surface area (Å²) in [7, 11) is 3.16. The maximum Gasteiger partial charge on any atom is 0.350 e. The summed E-state index contributed by atoms with van der Waals surface area (Å²) in [4.78, 5) is 23.8.